The Balaban J connectivity index is 1.30. The smallest absolute Gasteiger partial charge is 0.254 e. The van der Waals surface area contributed by atoms with Gasteiger partial charge in [0.1, 0.15) is 30.2 Å². The van der Waals surface area contributed by atoms with E-state index in [1.807, 2.05) is 0 Å². The number of hydrogen-bond acceptors (Lipinski definition) is 12. The first-order chi connectivity index (χ1) is 22.8. The molecule has 1 amide bonds. The predicted octanol–water partition coefficient (Wildman–Crippen LogP) is 3.64. The number of hydrogen-bond donors (Lipinski definition) is 3. The van der Waals surface area contributed by atoms with E-state index in [-0.39, 0.29) is 53.6 Å². The third-order valence-electron chi connectivity index (χ3n) is 7.76. The van der Waals surface area contributed by atoms with Crippen molar-refractivity contribution in [3.05, 3.63) is 59.3 Å². The number of halogens is 2. The number of benzene rings is 1. The molecule has 1 aliphatic heterocycles. The number of rotatable bonds is 17. The Bertz CT molecular complexity index is 1460. The summed E-state index contributed by atoms with van der Waals surface area (Å²) in [7, 11) is 7.98. The molecule has 3 N–H and O–H groups in total. The van der Waals surface area contributed by atoms with E-state index in [4.69, 9.17) is 40.0 Å². The van der Waals surface area contributed by atoms with E-state index in [9.17, 15) is 9.18 Å². The molecule has 13 nitrogen and oxygen atoms in total. The first-order valence-corrected chi connectivity index (χ1v) is 15.5. The van der Waals surface area contributed by atoms with Crippen LogP contribution < -0.4 is 20.7 Å². The molecule has 1 aliphatic rings. The second kappa shape index (κ2) is 18.2. The SMILES string of the molecule is COC[C@H]1OC(CCNCCCNC(=O)c2cnccc2Nc2nc(-c3cc(Cl)ccc3F)ncc2OC)[C@H](OC)[C@@H](OC)[C@@H]1OC. The average Bonchev–Trinajstić information content (AvgIpc) is 3.08. The highest BCUT2D eigenvalue weighted by Crippen LogP contribution is 2.31. The van der Waals surface area contributed by atoms with Gasteiger partial charge in [-0.1, -0.05) is 11.6 Å². The standard InChI is InChI=1S/C32H42ClFN6O7/c1-42-18-26-28(45-4)29(46-5)27(44-3)24(47-26)10-14-35-11-6-12-37-32(41)21-16-36-13-9-23(21)39-31-25(43-2)17-38-30(40-31)20-15-19(33)7-8-22(20)34/h7-9,13,15-17,24,26-29,35H,6,10-12,14,18H2,1-5H3,(H,37,41)(H,36,38,39,40)/t24?,26-,27+,28-,29-/m1/s1. The molecule has 3 aromatic rings. The Morgan fingerprint density at radius 1 is 0.979 bits per heavy atom. The van der Waals surface area contributed by atoms with Crippen LogP contribution in [0.25, 0.3) is 11.4 Å². The number of methoxy groups -OCH3 is 5. The second-order valence-corrected chi connectivity index (χ2v) is 11.1. The van der Waals surface area contributed by atoms with Crippen LogP contribution in [0.15, 0.2) is 42.9 Å². The van der Waals surface area contributed by atoms with Gasteiger partial charge in [-0.05, 0) is 50.2 Å². The number of anilines is 2. The number of nitrogens with zero attached hydrogens (tertiary/aromatic N) is 3. The van der Waals surface area contributed by atoms with Gasteiger partial charge in [0.25, 0.3) is 5.91 Å². The molecule has 2 aromatic heterocycles. The van der Waals surface area contributed by atoms with Gasteiger partial charge in [-0.15, -0.1) is 0 Å². The Morgan fingerprint density at radius 3 is 2.47 bits per heavy atom. The summed E-state index contributed by atoms with van der Waals surface area (Å²) in [5.74, 6) is -0.216. The van der Waals surface area contributed by atoms with Crippen LogP contribution in [-0.2, 0) is 23.7 Å². The molecular weight excluding hydrogens is 635 g/mol. The van der Waals surface area contributed by atoms with Crippen LogP contribution in [0.5, 0.6) is 5.75 Å². The summed E-state index contributed by atoms with van der Waals surface area (Å²) in [6, 6.07) is 5.76. The van der Waals surface area contributed by atoms with Crippen molar-refractivity contribution < 1.29 is 37.6 Å². The minimum atomic E-state index is -0.527. The molecule has 1 aromatic carbocycles. The van der Waals surface area contributed by atoms with Gasteiger partial charge in [0.05, 0.1) is 42.8 Å². The van der Waals surface area contributed by atoms with E-state index in [0.717, 1.165) is 0 Å². The van der Waals surface area contributed by atoms with Gasteiger partial charge >= 0.3 is 0 Å². The lowest BCUT2D eigenvalue weighted by Crippen LogP contribution is -2.60. The van der Waals surface area contributed by atoms with Gasteiger partial charge < -0.3 is 44.4 Å². The average molecular weight is 677 g/mol. The Labute approximate surface area is 278 Å². The molecule has 3 heterocycles. The molecule has 47 heavy (non-hydrogen) atoms. The van der Waals surface area contributed by atoms with Crippen molar-refractivity contribution in [2.45, 2.75) is 43.4 Å². The van der Waals surface area contributed by atoms with Crippen LogP contribution in [0.4, 0.5) is 15.9 Å². The molecule has 0 spiro atoms. The van der Waals surface area contributed by atoms with Crippen molar-refractivity contribution >= 4 is 29.0 Å². The van der Waals surface area contributed by atoms with Crippen molar-refractivity contribution in [2.24, 2.45) is 0 Å². The highest BCUT2D eigenvalue weighted by molar-refractivity contribution is 6.30. The van der Waals surface area contributed by atoms with Gasteiger partial charge in [-0.25, -0.2) is 14.4 Å². The largest absolute Gasteiger partial charge is 0.491 e. The summed E-state index contributed by atoms with van der Waals surface area (Å²) < 4.78 is 48.6. The van der Waals surface area contributed by atoms with Crippen molar-refractivity contribution in [1.29, 1.82) is 0 Å². The van der Waals surface area contributed by atoms with E-state index in [1.165, 1.54) is 37.7 Å². The number of carbonyl (C=O) groups excluding carboxylic acids is 1. The zero-order valence-electron chi connectivity index (χ0n) is 27.1. The first-order valence-electron chi connectivity index (χ1n) is 15.1. The van der Waals surface area contributed by atoms with Crippen LogP contribution in [-0.4, -0.2) is 113 Å². The monoisotopic (exact) mass is 676 g/mol. The molecule has 5 atom stereocenters. The summed E-state index contributed by atoms with van der Waals surface area (Å²) >= 11 is 6.06. The van der Waals surface area contributed by atoms with Gasteiger partial charge in [0.2, 0.25) is 0 Å². The number of pyridine rings is 1. The highest BCUT2D eigenvalue weighted by atomic mass is 35.5. The number of aromatic nitrogens is 3. The summed E-state index contributed by atoms with van der Waals surface area (Å²) in [5, 5.41) is 9.78. The van der Waals surface area contributed by atoms with Crippen LogP contribution in [0, 0.1) is 5.82 Å². The van der Waals surface area contributed by atoms with Gasteiger partial charge in [0, 0.05) is 52.4 Å². The minimum absolute atomic E-state index is 0.0983. The van der Waals surface area contributed by atoms with E-state index >= 15 is 0 Å². The summed E-state index contributed by atoms with van der Waals surface area (Å²) in [6.07, 6.45) is 4.38. The number of amides is 1. The molecule has 0 saturated carbocycles. The molecule has 1 saturated heterocycles. The molecule has 256 valence electrons. The van der Waals surface area contributed by atoms with Gasteiger partial charge in [-0.2, -0.15) is 0 Å². The van der Waals surface area contributed by atoms with E-state index < -0.39 is 5.82 Å². The van der Waals surface area contributed by atoms with Crippen molar-refractivity contribution in [1.82, 2.24) is 25.6 Å². The van der Waals surface area contributed by atoms with E-state index in [2.05, 4.69) is 30.9 Å². The molecule has 0 aliphatic carbocycles. The summed E-state index contributed by atoms with van der Waals surface area (Å²) in [4.78, 5) is 25.9. The fourth-order valence-corrected chi connectivity index (χ4v) is 5.63. The quantitative estimate of drug-likeness (QED) is 0.179. The molecule has 1 unspecified atom stereocenters. The van der Waals surface area contributed by atoms with Crippen molar-refractivity contribution in [2.75, 3.05) is 67.1 Å². The minimum Gasteiger partial charge on any atom is -0.491 e. The summed E-state index contributed by atoms with van der Waals surface area (Å²) in [6.45, 7) is 2.14. The van der Waals surface area contributed by atoms with Gasteiger partial charge in [-0.3, -0.25) is 9.78 Å². The fourth-order valence-electron chi connectivity index (χ4n) is 5.46. The molecule has 4 rings (SSSR count). The maximum Gasteiger partial charge on any atom is 0.254 e. The molecule has 1 fully saturated rings. The lowest BCUT2D eigenvalue weighted by atomic mass is 9.93. The zero-order valence-corrected chi connectivity index (χ0v) is 27.9. The number of nitrogens with one attached hydrogen (secondary N) is 3. The van der Waals surface area contributed by atoms with Crippen LogP contribution in [0.2, 0.25) is 5.02 Å². The first kappa shape index (κ1) is 36.3. The van der Waals surface area contributed by atoms with Gasteiger partial charge in [0.15, 0.2) is 17.4 Å². The van der Waals surface area contributed by atoms with Crippen molar-refractivity contribution in [3.8, 4) is 17.1 Å². The third-order valence-corrected chi connectivity index (χ3v) is 8.00. The number of carbonyl (C=O) groups is 1. The second-order valence-electron chi connectivity index (χ2n) is 10.7. The third kappa shape index (κ3) is 9.32. The molecule has 0 radical (unpaired) electrons. The Kier molecular flexibility index (Phi) is 14.0. The van der Waals surface area contributed by atoms with E-state index in [0.29, 0.717) is 61.1 Å². The highest BCUT2D eigenvalue weighted by Gasteiger charge is 2.46. The molecular formula is C32H42ClFN6O7. The maximum absolute atomic E-state index is 14.5. The van der Waals surface area contributed by atoms with Crippen LogP contribution in [0.3, 0.4) is 0 Å². The molecule has 15 heteroatoms. The number of ether oxygens (including phenoxy) is 6. The molecule has 0 bridgehead atoms. The van der Waals surface area contributed by atoms with E-state index in [1.54, 1.807) is 40.7 Å². The fraction of sp³-hybridized carbons (Fsp3) is 0.500. The van der Waals surface area contributed by atoms with Crippen LogP contribution >= 0.6 is 11.6 Å². The Morgan fingerprint density at radius 2 is 1.74 bits per heavy atom. The predicted molar refractivity (Wildman–Crippen MR) is 174 cm³/mol. The van der Waals surface area contributed by atoms with Crippen molar-refractivity contribution in [3.63, 3.8) is 0 Å². The maximum atomic E-state index is 14.5. The summed E-state index contributed by atoms with van der Waals surface area (Å²) in [5.41, 5.74) is 0.856. The lowest BCUT2D eigenvalue weighted by molar-refractivity contribution is -0.250. The van der Waals surface area contributed by atoms with Crippen LogP contribution in [0.1, 0.15) is 23.2 Å². The topological polar surface area (TPSA) is 147 Å². The Hall–Kier alpha value is -3.50. The zero-order chi connectivity index (χ0) is 33.8. The lowest BCUT2D eigenvalue weighted by Gasteiger charge is -2.45. The normalized spacial score (nSPS) is 21.0.